The van der Waals surface area contributed by atoms with E-state index in [1.807, 2.05) is 19.2 Å². The molecule has 1 saturated heterocycles. The lowest BCUT2D eigenvalue weighted by Gasteiger charge is -2.23. The van der Waals surface area contributed by atoms with Gasteiger partial charge in [-0.3, -0.25) is 0 Å². The van der Waals surface area contributed by atoms with Crippen molar-refractivity contribution in [3.05, 3.63) is 34.1 Å². The van der Waals surface area contributed by atoms with Gasteiger partial charge in [0.1, 0.15) is 5.82 Å². The Morgan fingerprint density at radius 2 is 2.38 bits per heavy atom. The van der Waals surface area contributed by atoms with E-state index in [0.29, 0.717) is 4.47 Å². The maximum atomic E-state index is 13.1. The number of hydrogen-bond acceptors (Lipinski definition) is 2. The van der Waals surface area contributed by atoms with Gasteiger partial charge >= 0.3 is 0 Å². The van der Waals surface area contributed by atoms with Crippen molar-refractivity contribution in [2.75, 3.05) is 13.7 Å². The van der Waals surface area contributed by atoms with Crippen LogP contribution in [0.25, 0.3) is 0 Å². The summed E-state index contributed by atoms with van der Waals surface area (Å²) < 4.78 is 19.3. The van der Waals surface area contributed by atoms with Crippen LogP contribution in [0, 0.1) is 5.82 Å². The lowest BCUT2D eigenvalue weighted by molar-refractivity contribution is 0.0807. The van der Waals surface area contributed by atoms with E-state index in [0.717, 1.165) is 25.0 Å². The number of rotatable bonds is 3. The standard InChI is InChI=1S/C12H15BrFNO/c1-15-12(11-3-2-6-16-11)8-4-5-10(14)9(13)7-8/h4-5,7,11-12,15H,2-3,6H2,1H3. The number of ether oxygens (including phenoxy) is 1. The second kappa shape index (κ2) is 5.25. The maximum Gasteiger partial charge on any atom is 0.137 e. The average molecular weight is 288 g/mol. The van der Waals surface area contributed by atoms with Crippen LogP contribution in [0.5, 0.6) is 0 Å². The Bertz CT molecular complexity index is 366. The Morgan fingerprint density at radius 1 is 1.56 bits per heavy atom. The van der Waals surface area contributed by atoms with E-state index in [4.69, 9.17) is 4.74 Å². The third-order valence-electron chi connectivity index (χ3n) is 2.95. The summed E-state index contributed by atoms with van der Waals surface area (Å²) in [5, 5.41) is 3.24. The van der Waals surface area contributed by atoms with Crippen LogP contribution in [-0.2, 0) is 4.74 Å². The minimum Gasteiger partial charge on any atom is -0.376 e. The van der Waals surface area contributed by atoms with Gasteiger partial charge in [0.2, 0.25) is 0 Å². The van der Waals surface area contributed by atoms with Crippen molar-refractivity contribution in [2.24, 2.45) is 0 Å². The number of hydrogen-bond donors (Lipinski definition) is 1. The summed E-state index contributed by atoms with van der Waals surface area (Å²) in [5.41, 5.74) is 1.06. The van der Waals surface area contributed by atoms with E-state index >= 15 is 0 Å². The molecule has 2 rings (SSSR count). The predicted octanol–water partition coefficient (Wildman–Crippen LogP) is 3.03. The van der Waals surface area contributed by atoms with Crippen LogP contribution in [0.15, 0.2) is 22.7 Å². The number of halogens is 2. The Labute approximate surface area is 103 Å². The van der Waals surface area contributed by atoms with Crippen LogP contribution < -0.4 is 5.32 Å². The molecule has 0 radical (unpaired) electrons. The van der Waals surface area contributed by atoms with Crippen LogP contribution in [0.1, 0.15) is 24.4 Å². The van der Waals surface area contributed by atoms with Gasteiger partial charge in [0.25, 0.3) is 0 Å². The van der Waals surface area contributed by atoms with Crippen molar-refractivity contribution in [1.82, 2.24) is 5.32 Å². The average Bonchev–Trinajstić information content (AvgIpc) is 2.78. The maximum absolute atomic E-state index is 13.1. The fourth-order valence-electron chi connectivity index (χ4n) is 2.14. The summed E-state index contributed by atoms with van der Waals surface area (Å²) in [4.78, 5) is 0. The Hall–Kier alpha value is -0.450. The zero-order valence-corrected chi connectivity index (χ0v) is 10.8. The summed E-state index contributed by atoms with van der Waals surface area (Å²) in [6.07, 6.45) is 2.36. The van der Waals surface area contributed by atoms with Gasteiger partial charge < -0.3 is 10.1 Å². The summed E-state index contributed by atoms with van der Waals surface area (Å²) in [6, 6.07) is 5.25. The molecular weight excluding hydrogens is 273 g/mol. The highest BCUT2D eigenvalue weighted by Gasteiger charge is 2.26. The molecule has 4 heteroatoms. The quantitative estimate of drug-likeness (QED) is 0.923. The first-order valence-electron chi connectivity index (χ1n) is 5.46. The van der Waals surface area contributed by atoms with E-state index in [9.17, 15) is 4.39 Å². The topological polar surface area (TPSA) is 21.3 Å². The van der Waals surface area contributed by atoms with Crippen molar-refractivity contribution < 1.29 is 9.13 Å². The van der Waals surface area contributed by atoms with Crippen molar-refractivity contribution in [3.63, 3.8) is 0 Å². The number of likely N-dealkylation sites (N-methyl/N-ethyl adjacent to an activating group) is 1. The lowest BCUT2D eigenvalue weighted by Crippen LogP contribution is -2.28. The largest absolute Gasteiger partial charge is 0.376 e. The van der Waals surface area contributed by atoms with Crippen LogP contribution in [-0.4, -0.2) is 19.8 Å². The molecule has 0 amide bonds. The molecule has 1 heterocycles. The highest BCUT2D eigenvalue weighted by Crippen LogP contribution is 2.29. The second-order valence-corrected chi connectivity index (χ2v) is 4.85. The third-order valence-corrected chi connectivity index (χ3v) is 3.56. The summed E-state index contributed by atoms with van der Waals surface area (Å²) in [6.45, 7) is 0.825. The molecule has 0 spiro atoms. The van der Waals surface area contributed by atoms with Crippen LogP contribution in [0.2, 0.25) is 0 Å². The lowest BCUT2D eigenvalue weighted by atomic mass is 9.99. The molecule has 1 aliphatic heterocycles. The van der Waals surface area contributed by atoms with Crippen molar-refractivity contribution >= 4 is 15.9 Å². The summed E-state index contributed by atoms with van der Waals surface area (Å²) >= 11 is 3.21. The minimum atomic E-state index is -0.231. The van der Waals surface area contributed by atoms with Gasteiger partial charge in [0.05, 0.1) is 16.6 Å². The smallest absolute Gasteiger partial charge is 0.137 e. The molecule has 0 bridgehead atoms. The van der Waals surface area contributed by atoms with Crippen molar-refractivity contribution in [2.45, 2.75) is 25.0 Å². The van der Waals surface area contributed by atoms with Crippen LogP contribution >= 0.6 is 15.9 Å². The van der Waals surface area contributed by atoms with Gasteiger partial charge in [-0.05, 0) is 53.5 Å². The molecule has 0 aliphatic carbocycles. The van der Waals surface area contributed by atoms with E-state index in [-0.39, 0.29) is 18.0 Å². The predicted molar refractivity (Wildman–Crippen MR) is 64.9 cm³/mol. The van der Waals surface area contributed by atoms with Crippen molar-refractivity contribution in [1.29, 1.82) is 0 Å². The highest BCUT2D eigenvalue weighted by molar-refractivity contribution is 9.10. The van der Waals surface area contributed by atoms with Gasteiger partial charge in [0.15, 0.2) is 0 Å². The fraction of sp³-hybridized carbons (Fsp3) is 0.500. The van der Waals surface area contributed by atoms with Gasteiger partial charge in [-0.15, -0.1) is 0 Å². The number of benzene rings is 1. The molecule has 2 unspecified atom stereocenters. The zero-order valence-electron chi connectivity index (χ0n) is 9.17. The highest BCUT2D eigenvalue weighted by atomic mass is 79.9. The van der Waals surface area contributed by atoms with Gasteiger partial charge in [-0.1, -0.05) is 6.07 Å². The Morgan fingerprint density at radius 3 is 2.94 bits per heavy atom. The van der Waals surface area contributed by atoms with Crippen LogP contribution in [0.3, 0.4) is 0 Å². The molecular formula is C12H15BrFNO. The van der Waals surface area contributed by atoms with E-state index in [2.05, 4.69) is 21.2 Å². The molecule has 1 aliphatic rings. The van der Waals surface area contributed by atoms with Gasteiger partial charge in [-0.2, -0.15) is 0 Å². The second-order valence-electron chi connectivity index (χ2n) is 3.99. The molecule has 16 heavy (non-hydrogen) atoms. The molecule has 2 nitrogen and oxygen atoms in total. The van der Waals surface area contributed by atoms with E-state index in [1.165, 1.54) is 6.07 Å². The molecule has 0 saturated carbocycles. The Balaban J connectivity index is 2.22. The monoisotopic (exact) mass is 287 g/mol. The molecule has 1 aromatic rings. The molecule has 2 atom stereocenters. The molecule has 0 aromatic heterocycles. The van der Waals surface area contributed by atoms with E-state index in [1.54, 1.807) is 0 Å². The van der Waals surface area contributed by atoms with Gasteiger partial charge in [-0.25, -0.2) is 4.39 Å². The first-order valence-corrected chi connectivity index (χ1v) is 6.25. The molecule has 88 valence electrons. The minimum absolute atomic E-state index is 0.138. The molecule has 1 aromatic carbocycles. The summed E-state index contributed by atoms with van der Waals surface area (Å²) in [5.74, 6) is -0.231. The first-order chi connectivity index (χ1) is 7.72. The molecule has 1 fully saturated rings. The normalized spacial score (nSPS) is 22.3. The van der Waals surface area contributed by atoms with Crippen molar-refractivity contribution in [3.8, 4) is 0 Å². The Kier molecular flexibility index (Phi) is 3.95. The molecule has 1 N–H and O–H groups in total. The zero-order chi connectivity index (χ0) is 11.5. The third kappa shape index (κ3) is 2.44. The van der Waals surface area contributed by atoms with E-state index < -0.39 is 0 Å². The van der Waals surface area contributed by atoms with Gasteiger partial charge in [0, 0.05) is 6.61 Å². The number of nitrogens with one attached hydrogen (secondary N) is 1. The SMILES string of the molecule is CNC(c1ccc(F)c(Br)c1)C1CCCO1. The van der Waals surface area contributed by atoms with Crippen LogP contribution in [0.4, 0.5) is 4.39 Å². The fourth-order valence-corrected chi connectivity index (χ4v) is 2.53. The first kappa shape index (κ1) is 12.0. The summed E-state index contributed by atoms with van der Waals surface area (Å²) in [7, 11) is 1.91.